The third-order valence-corrected chi connectivity index (χ3v) is 6.65. The Bertz CT molecular complexity index is 932. The monoisotopic (exact) mass is 430 g/mol. The normalized spacial score (nSPS) is 18.1. The van der Waals surface area contributed by atoms with Crippen LogP contribution in [0.4, 0.5) is 0 Å². The van der Waals surface area contributed by atoms with Crippen LogP contribution in [-0.4, -0.2) is 65.6 Å². The molecule has 152 valence electrons. The molecular weight excluding hydrogens is 408 g/mol. The molecule has 0 saturated carbocycles. The van der Waals surface area contributed by atoms with Gasteiger partial charge in [-0.2, -0.15) is 5.10 Å². The number of piperazine rings is 1. The zero-order valence-electron chi connectivity index (χ0n) is 16.3. The molecule has 2 aromatic rings. The third-order valence-electron chi connectivity index (χ3n) is 5.28. The van der Waals surface area contributed by atoms with Gasteiger partial charge in [0.25, 0.3) is 5.91 Å². The first-order valence-corrected chi connectivity index (χ1v) is 10.9. The zero-order valence-corrected chi connectivity index (χ0v) is 17.9. The third kappa shape index (κ3) is 4.69. The van der Waals surface area contributed by atoms with E-state index in [1.54, 1.807) is 18.4 Å². The first-order valence-electron chi connectivity index (χ1n) is 9.70. The number of nitrogens with zero attached hydrogens (tertiary/aromatic N) is 4. The summed E-state index contributed by atoms with van der Waals surface area (Å²) in [5.41, 5.74) is 1.67. The number of amides is 2. The summed E-state index contributed by atoms with van der Waals surface area (Å²) in [5, 5.41) is 6.18. The molecule has 1 saturated heterocycles. The molecule has 0 spiro atoms. The molecule has 0 aliphatic carbocycles. The Morgan fingerprint density at radius 3 is 2.48 bits per heavy atom. The van der Waals surface area contributed by atoms with Crippen molar-refractivity contribution in [1.29, 1.82) is 0 Å². The highest BCUT2D eigenvalue weighted by Crippen LogP contribution is 2.30. The van der Waals surface area contributed by atoms with Crippen molar-refractivity contribution in [2.45, 2.75) is 19.4 Å². The van der Waals surface area contributed by atoms with E-state index in [0.29, 0.717) is 31.6 Å². The molecule has 1 aromatic carbocycles. The smallest absolute Gasteiger partial charge is 0.270 e. The highest BCUT2D eigenvalue weighted by Gasteiger charge is 2.28. The van der Waals surface area contributed by atoms with Crippen molar-refractivity contribution in [3.63, 3.8) is 0 Å². The van der Waals surface area contributed by atoms with Crippen LogP contribution >= 0.6 is 22.9 Å². The van der Waals surface area contributed by atoms with Gasteiger partial charge < -0.3 is 4.90 Å². The Hall–Kier alpha value is -2.22. The van der Waals surface area contributed by atoms with Crippen molar-refractivity contribution in [3.8, 4) is 10.4 Å². The molecule has 0 bridgehead atoms. The summed E-state index contributed by atoms with van der Waals surface area (Å²) >= 11 is 7.77. The highest BCUT2D eigenvalue weighted by atomic mass is 35.5. The summed E-state index contributed by atoms with van der Waals surface area (Å²) < 4.78 is 0. The van der Waals surface area contributed by atoms with Crippen LogP contribution in [0.3, 0.4) is 0 Å². The van der Waals surface area contributed by atoms with Gasteiger partial charge in [-0.25, -0.2) is 5.01 Å². The van der Waals surface area contributed by atoms with Crippen LogP contribution in [0.5, 0.6) is 0 Å². The lowest BCUT2D eigenvalue weighted by atomic mass is 10.1. The van der Waals surface area contributed by atoms with Crippen LogP contribution in [0.25, 0.3) is 10.4 Å². The number of carbonyl (C=O) groups is 2. The molecule has 0 radical (unpaired) electrons. The van der Waals surface area contributed by atoms with Gasteiger partial charge in [-0.05, 0) is 29.8 Å². The van der Waals surface area contributed by atoms with Crippen LogP contribution in [0, 0.1) is 0 Å². The SMILES string of the molecule is CN1N=C(C(=O)N2CCN(Cc3ccc(-c4ccc(Cl)cc4)s3)CC2)CCC1=O. The second-order valence-corrected chi connectivity index (χ2v) is 8.91. The topological polar surface area (TPSA) is 56.2 Å². The maximum Gasteiger partial charge on any atom is 0.270 e. The average Bonchev–Trinajstić information content (AvgIpc) is 3.19. The predicted molar refractivity (Wildman–Crippen MR) is 116 cm³/mol. The van der Waals surface area contributed by atoms with E-state index in [1.807, 2.05) is 29.2 Å². The number of thiophene rings is 1. The lowest BCUT2D eigenvalue weighted by Crippen LogP contribution is -2.51. The van der Waals surface area contributed by atoms with Crippen molar-refractivity contribution >= 4 is 40.5 Å². The number of benzene rings is 1. The van der Waals surface area contributed by atoms with E-state index in [0.717, 1.165) is 24.7 Å². The fraction of sp³-hybridized carbons (Fsp3) is 0.381. The minimum Gasteiger partial charge on any atom is -0.335 e. The second-order valence-electron chi connectivity index (χ2n) is 7.31. The molecule has 1 fully saturated rings. The molecule has 2 amide bonds. The summed E-state index contributed by atoms with van der Waals surface area (Å²) in [4.78, 5) is 31.0. The van der Waals surface area contributed by atoms with E-state index >= 15 is 0 Å². The van der Waals surface area contributed by atoms with Gasteiger partial charge in [-0.1, -0.05) is 23.7 Å². The summed E-state index contributed by atoms with van der Waals surface area (Å²) in [6, 6.07) is 12.2. The van der Waals surface area contributed by atoms with Crippen molar-refractivity contribution < 1.29 is 9.59 Å². The van der Waals surface area contributed by atoms with Crippen molar-refractivity contribution in [1.82, 2.24) is 14.8 Å². The van der Waals surface area contributed by atoms with Crippen LogP contribution < -0.4 is 0 Å². The fourth-order valence-electron chi connectivity index (χ4n) is 3.57. The first-order chi connectivity index (χ1) is 14.0. The molecule has 3 heterocycles. The van der Waals surface area contributed by atoms with Crippen molar-refractivity contribution in [2.75, 3.05) is 33.2 Å². The average molecular weight is 431 g/mol. The second kappa shape index (κ2) is 8.65. The molecular formula is C21H23ClN4O2S. The maximum absolute atomic E-state index is 12.7. The van der Waals surface area contributed by atoms with Crippen LogP contribution in [-0.2, 0) is 16.1 Å². The van der Waals surface area contributed by atoms with Gasteiger partial charge in [0.15, 0.2) is 0 Å². The van der Waals surface area contributed by atoms with E-state index in [2.05, 4.69) is 22.1 Å². The quantitative estimate of drug-likeness (QED) is 0.747. The lowest BCUT2D eigenvalue weighted by Gasteiger charge is -2.35. The number of carbonyl (C=O) groups excluding carboxylic acids is 2. The molecule has 29 heavy (non-hydrogen) atoms. The van der Waals surface area contributed by atoms with Crippen LogP contribution in [0.15, 0.2) is 41.5 Å². The molecule has 0 atom stereocenters. The summed E-state index contributed by atoms with van der Waals surface area (Å²) in [7, 11) is 1.60. The predicted octanol–water partition coefficient (Wildman–Crippen LogP) is 3.32. The number of hydrogen-bond acceptors (Lipinski definition) is 5. The van der Waals surface area contributed by atoms with Crippen LogP contribution in [0.1, 0.15) is 17.7 Å². The molecule has 6 nitrogen and oxygen atoms in total. The van der Waals surface area contributed by atoms with Crippen LogP contribution in [0.2, 0.25) is 5.02 Å². The summed E-state index contributed by atoms with van der Waals surface area (Å²) in [6.45, 7) is 3.93. The van der Waals surface area contributed by atoms with Gasteiger partial charge in [-0.3, -0.25) is 14.5 Å². The maximum atomic E-state index is 12.7. The molecule has 4 rings (SSSR count). The van der Waals surface area contributed by atoms with Gasteiger partial charge in [-0.15, -0.1) is 11.3 Å². The molecule has 0 N–H and O–H groups in total. The van der Waals surface area contributed by atoms with Gasteiger partial charge in [0, 0.05) is 67.4 Å². The van der Waals surface area contributed by atoms with E-state index < -0.39 is 0 Å². The fourth-order valence-corrected chi connectivity index (χ4v) is 4.75. The molecule has 2 aliphatic rings. The minimum atomic E-state index is -0.0414. The van der Waals surface area contributed by atoms with Crippen molar-refractivity contribution in [2.24, 2.45) is 5.10 Å². The van der Waals surface area contributed by atoms with E-state index in [9.17, 15) is 9.59 Å². The molecule has 8 heteroatoms. The number of halogens is 1. The Morgan fingerprint density at radius 1 is 1.07 bits per heavy atom. The Morgan fingerprint density at radius 2 is 1.79 bits per heavy atom. The number of hydrazone groups is 1. The Balaban J connectivity index is 1.31. The molecule has 2 aliphatic heterocycles. The van der Waals surface area contributed by atoms with E-state index in [4.69, 9.17) is 11.6 Å². The lowest BCUT2D eigenvalue weighted by molar-refractivity contribution is -0.131. The molecule has 0 unspecified atom stereocenters. The van der Waals surface area contributed by atoms with Gasteiger partial charge in [0.05, 0.1) is 0 Å². The Kier molecular flexibility index (Phi) is 5.99. The van der Waals surface area contributed by atoms with Crippen molar-refractivity contribution in [3.05, 3.63) is 46.3 Å². The van der Waals surface area contributed by atoms with Gasteiger partial charge >= 0.3 is 0 Å². The number of hydrogen-bond donors (Lipinski definition) is 0. The van der Waals surface area contributed by atoms with E-state index in [-0.39, 0.29) is 11.8 Å². The largest absolute Gasteiger partial charge is 0.335 e. The summed E-state index contributed by atoms with van der Waals surface area (Å²) in [6.07, 6.45) is 0.792. The van der Waals surface area contributed by atoms with Gasteiger partial charge in [0.1, 0.15) is 5.71 Å². The minimum absolute atomic E-state index is 0.0369. The summed E-state index contributed by atoms with van der Waals surface area (Å²) in [5.74, 6) is -0.0783. The number of rotatable bonds is 4. The van der Waals surface area contributed by atoms with E-state index in [1.165, 1.54) is 20.3 Å². The van der Waals surface area contributed by atoms with Gasteiger partial charge in [0.2, 0.25) is 5.91 Å². The standard InChI is InChI=1S/C21H23ClN4O2S/c1-24-20(27)9-7-18(23-24)21(28)26-12-10-25(11-13-26)14-17-6-8-19(29-17)15-2-4-16(22)5-3-15/h2-6,8H,7,9-14H2,1H3. The Labute approximate surface area is 179 Å². The molecule has 1 aromatic heterocycles. The zero-order chi connectivity index (χ0) is 20.4. The first kappa shape index (κ1) is 20.1. The highest BCUT2D eigenvalue weighted by molar-refractivity contribution is 7.15.